The van der Waals surface area contributed by atoms with Crippen LogP contribution >= 0.6 is 34.7 Å². The van der Waals surface area contributed by atoms with Crippen LogP contribution in [0.1, 0.15) is 28.2 Å². The van der Waals surface area contributed by atoms with Gasteiger partial charge in [0.15, 0.2) is 0 Å². The number of hydrogen-bond donors (Lipinski definition) is 1. The Labute approximate surface area is 137 Å². The Kier molecular flexibility index (Phi) is 5.36. The summed E-state index contributed by atoms with van der Waals surface area (Å²) in [5.74, 6) is -0.614. The molecule has 0 aliphatic heterocycles. The Balaban J connectivity index is 2.16. The van der Waals surface area contributed by atoms with Gasteiger partial charge in [-0.15, -0.1) is 11.3 Å². The fourth-order valence-corrected chi connectivity index (χ4v) is 3.33. The summed E-state index contributed by atoms with van der Waals surface area (Å²) in [6.07, 6.45) is 1.22. The second-order valence-electron chi connectivity index (χ2n) is 4.24. The van der Waals surface area contributed by atoms with Gasteiger partial charge in [-0.3, -0.25) is 4.79 Å². The molecule has 0 saturated heterocycles. The van der Waals surface area contributed by atoms with Gasteiger partial charge in [-0.25, -0.2) is 4.98 Å². The van der Waals surface area contributed by atoms with Crippen molar-refractivity contribution in [1.82, 2.24) is 10.3 Å². The third kappa shape index (κ3) is 4.62. The SMILES string of the molecule is CC(NC(=O)c1cccnc1SC(F)(F)F)c1ccc(Cl)s1. The molecule has 0 radical (unpaired) electrons. The summed E-state index contributed by atoms with van der Waals surface area (Å²) in [6.45, 7) is 1.73. The Bertz CT molecular complexity index is 675. The summed E-state index contributed by atoms with van der Waals surface area (Å²) in [7, 11) is 0. The summed E-state index contributed by atoms with van der Waals surface area (Å²) in [5, 5.41) is 2.27. The zero-order valence-electron chi connectivity index (χ0n) is 11.1. The molecule has 0 saturated carbocycles. The number of nitrogens with one attached hydrogen (secondary N) is 1. The van der Waals surface area contributed by atoms with E-state index in [9.17, 15) is 18.0 Å². The largest absolute Gasteiger partial charge is 0.447 e. The number of thioether (sulfide) groups is 1. The number of pyridine rings is 1. The van der Waals surface area contributed by atoms with Crippen molar-refractivity contribution in [3.05, 3.63) is 45.2 Å². The first-order valence-electron chi connectivity index (χ1n) is 6.03. The van der Waals surface area contributed by atoms with Crippen LogP contribution in [0.3, 0.4) is 0 Å². The minimum Gasteiger partial charge on any atom is -0.345 e. The Morgan fingerprint density at radius 3 is 2.73 bits per heavy atom. The molecule has 118 valence electrons. The Hall–Kier alpha value is -1.25. The van der Waals surface area contributed by atoms with E-state index in [0.29, 0.717) is 4.34 Å². The minimum absolute atomic E-state index is 0.112. The molecule has 0 aliphatic rings. The molecule has 1 atom stereocenters. The number of aromatic nitrogens is 1. The number of amides is 1. The zero-order chi connectivity index (χ0) is 16.3. The lowest BCUT2D eigenvalue weighted by Gasteiger charge is -2.14. The van der Waals surface area contributed by atoms with Gasteiger partial charge in [0.05, 0.1) is 15.9 Å². The number of nitrogens with zero attached hydrogens (tertiary/aromatic N) is 1. The molecule has 0 aliphatic carbocycles. The van der Waals surface area contributed by atoms with Crippen molar-refractivity contribution >= 4 is 40.6 Å². The van der Waals surface area contributed by atoms with Gasteiger partial charge < -0.3 is 5.32 Å². The number of alkyl halides is 3. The van der Waals surface area contributed by atoms with Crippen LogP contribution in [0.4, 0.5) is 13.2 Å². The van der Waals surface area contributed by atoms with E-state index in [4.69, 9.17) is 11.6 Å². The van der Waals surface area contributed by atoms with Crippen molar-refractivity contribution < 1.29 is 18.0 Å². The smallest absolute Gasteiger partial charge is 0.345 e. The predicted molar refractivity (Wildman–Crippen MR) is 81.4 cm³/mol. The van der Waals surface area contributed by atoms with E-state index in [1.807, 2.05) is 0 Å². The summed E-state index contributed by atoms with van der Waals surface area (Å²) in [4.78, 5) is 16.6. The second-order valence-corrected chi connectivity index (χ2v) is 7.04. The topological polar surface area (TPSA) is 42.0 Å². The van der Waals surface area contributed by atoms with Gasteiger partial charge in [0.1, 0.15) is 5.03 Å². The van der Waals surface area contributed by atoms with Gasteiger partial charge in [0.25, 0.3) is 5.91 Å². The summed E-state index contributed by atoms with van der Waals surface area (Å²) >= 11 is 6.71. The van der Waals surface area contributed by atoms with Crippen molar-refractivity contribution in [2.24, 2.45) is 0 Å². The van der Waals surface area contributed by atoms with Crippen LogP contribution in [0, 0.1) is 0 Å². The molecular formula is C13H10ClF3N2OS2. The molecule has 2 aromatic heterocycles. The molecule has 0 spiro atoms. The number of carbonyl (C=O) groups excluding carboxylic acids is 1. The highest BCUT2D eigenvalue weighted by atomic mass is 35.5. The summed E-state index contributed by atoms with van der Waals surface area (Å²) in [6, 6.07) is 5.81. The molecule has 1 amide bonds. The third-order valence-corrected chi connectivity index (χ3v) is 4.76. The lowest BCUT2D eigenvalue weighted by Crippen LogP contribution is -2.27. The van der Waals surface area contributed by atoms with Crippen molar-refractivity contribution in [3.63, 3.8) is 0 Å². The van der Waals surface area contributed by atoms with E-state index in [-0.39, 0.29) is 16.6 Å². The molecule has 2 aromatic rings. The fraction of sp³-hybridized carbons (Fsp3) is 0.231. The molecule has 2 heterocycles. The first-order valence-corrected chi connectivity index (χ1v) is 8.04. The summed E-state index contributed by atoms with van der Waals surface area (Å²) in [5.41, 5.74) is -4.62. The molecule has 9 heteroatoms. The van der Waals surface area contributed by atoms with E-state index in [2.05, 4.69) is 10.3 Å². The van der Waals surface area contributed by atoms with E-state index in [0.717, 1.165) is 4.88 Å². The van der Waals surface area contributed by atoms with Crippen molar-refractivity contribution in [2.45, 2.75) is 23.5 Å². The Morgan fingerprint density at radius 1 is 1.41 bits per heavy atom. The number of halogens is 4. The monoisotopic (exact) mass is 366 g/mol. The molecule has 0 fully saturated rings. The molecule has 3 nitrogen and oxygen atoms in total. The number of hydrogen-bond acceptors (Lipinski definition) is 4. The van der Waals surface area contributed by atoms with Crippen LogP contribution in [0.25, 0.3) is 0 Å². The standard InChI is InChI=1S/C13H10ClF3N2OS2/c1-7(9-4-5-10(14)21-9)19-11(20)8-3-2-6-18-12(8)22-13(15,16)17/h2-7H,1H3,(H,19,20). The fourth-order valence-electron chi connectivity index (χ4n) is 1.66. The van der Waals surface area contributed by atoms with Crippen LogP contribution in [0.2, 0.25) is 4.34 Å². The average Bonchev–Trinajstić information content (AvgIpc) is 2.84. The van der Waals surface area contributed by atoms with Crippen molar-refractivity contribution in [2.75, 3.05) is 0 Å². The highest BCUT2D eigenvalue weighted by Gasteiger charge is 2.32. The van der Waals surface area contributed by atoms with E-state index < -0.39 is 23.2 Å². The second kappa shape index (κ2) is 6.89. The molecular weight excluding hydrogens is 357 g/mol. The first kappa shape index (κ1) is 17.1. The van der Waals surface area contributed by atoms with E-state index in [1.165, 1.54) is 29.7 Å². The molecule has 0 bridgehead atoms. The molecule has 0 aromatic carbocycles. The predicted octanol–water partition coefficient (Wildman–Crippen LogP) is 4.90. The molecule has 1 N–H and O–H groups in total. The number of thiophene rings is 1. The van der Waals surface area contributed by atoms with Crippen LogP contribution in [-0.4, -0.2) is 16.4 Å². The van der Waals surface area contributed by atoms with Crippen LogP contribution < -0.4 is 5.32 Å². The summed E-state index contributed by atoms with van der Waals surface area (Å²) < 4.78 is 38.1. The molecule has 1 unspecified atom stereocenters. The maximum Gasteiger partial charge on any atom is 0.447 e. The van der Waals surface area contributed by atoms with Crippen LogP contribution in [-0.2, 0) is 0 Å². The number of rotatable bonds is 4. The lowest BCUT2D eigenvalue weighted by atomic mass is 10.2. The Morgan fingerprint density at radius 2 is 2.14 bits per heavy atom. The van der Waals surface area contributed by atoms with Gasteiger partial charge in [-0.1, -0.05) is 11.6 Å². The highest BCUT2D eigenvalue weighted by Crippen LogP contribution is 2.37. The molecule has 2 rings (SSSR count). The van der Waals surface area contributed by atoms with Crippen molar-refractivity contribution in [3.8, 4) is 0 Å². The van der Waals surface area contributed by atoms with Gasteiger partial charge in [0.2, 0.25) is 0 Å². The van der Waals surface area contributed by atoms with Gasteiger partial charge in [0, 0.05) is 22.8 Å². The van der Waals surface area contributed by atoms with Crippen LogP contribution in [0.15, 0.2) is 35.5 Å². The van der Waals surface area contributed by atoms with Gasteiger partial charge in [-0.05, 0) is 31.2 Å². The average molecular weight is 367 g/mol. The maximum absolute atomic E-state index is 12.5. The lowest BCUT2D eigenvalue weighted by molar-refractivity contribution is -0.0329. The quantitative estimate of drug-likeness (QED) is 0.782. The normalized spacial score (nSPS) is 13.0. The molecule has 22 heavy (non-hydrogen) atoms. The highest BCUT2D eigenvalue weighted by molar-refractivity contribution is 8.00. The minimum atomic E-state index is -4.50. The number of carbonyl (C=O) groups is 1. The first-order chi connectivity index (χ1) is 10.3. The zero-order valence-corrected chi connectivity index (χ0v) is 13.5. The third-order valence-electron chi connectivity index (χ3n) is 2.60. The van der Waals surface area contributed by atoms with Crippen molar-refractivity contribution in [1.29, 1.82) is 0 Å². The van der Waals surface area contributed by atoms with Gasteiger partial charge in [-0.2, -0.15) is 13.2 Å². The van der Waals surface area contributed by atoms with E-state index >= 15 is 0 Å². The van der Waals surface area contributed by atoms with Crippen LogP contribution in [0.5, 0.6) is 0 Å². The maximum atomic E-state index is 12.5. The van der Waals surface area contributed by atoms with Gasteiger partial charge >= 0.3 is 5.51 Å². The van der Waals surface area contributed by atoms with E-state index in [1.54, 1.807) is 19.1 Å².